The lowest BCUT2D eigenvalue weighted by Crippen LogP contribution is -2.62. The van der Waals surface area contributed by atoms with Gasteiger partial charge in [-0.05, 0) is 43.7 Å². The average Bonchev–Trinajstić information content (AvgIpc) is 2.77. The third-order valence-electron chi connectivity index (χ3n) is 6.57. The average molecular weight is 468 g/mol. The van der Waals surface area contributed by atoms with Crippen molar-refractivity contribution >= 4 is 21.6 Å². The molecule has 0 atom stereocenters. The summed E-state index contributed by atoms with van der Waals surface area (Å²) in [5.74, 6) is -0.895. The third kappa shape index (κ3) is 4.05. The molecule has 2 aromatic rings. The first-order valence-corrected chi connectivity index (χ1v) is 12.3. The minimum atomic E-state index is -3.32. The Hall–Kier alpha value is -3.09. The summed E-state index contributed by atoms with van der Waals surface area (Å²) in [6, 6.07) is 9.05. The molecule has 0 amide bonds. The molecule has 2 aliphatic rings. The summed E-state index contributed by atoms with van der Waals surface area (Å²) in [7, 11) is -1.83. The van der Waals surface area contributed by atoms with E-state index in [1.807, 2.05) is 19.1 Å². The molecule has 1 saturated heterocycles. The van der Waals surface area contributed by atoms with Crippen molar-refractivity contribution in [2.45, 2.75) is 32.6 Å². The fraction of sp³-hybridized carbons (Fsp3) is 0.417. The first-order valence-electron chi connectivity index (χ1n) is 10.7. The van der Waals surface area contributed by atoms with E-state index in [9.17, 15) is 18.0 Å². The first-order chi connectivity index (χ1) is 15.6. The summed E-state index contributed by atoms with van der Waals surface area (Å²) in [4.78, 5) is 30.7. The second kappa shape index (κ2) is 8.36. The molecule has 1 saturated carbocycles. The molecule has 1 spiro atoms. The third-order valence-corrected chi connectivity index (χ3v) is 8.34. The molecule has 1 aliphatic carbocycles. The van der Waals surface area contributed by atoms with Crippen LogP contribution in [-0.4, -0.2) is 55.2 Å². The number of Topliss-reactive ketones (excluding diaryl/α,β-unsaturated/α-hetero) is 2. The zero-order valence-corrected chi connectivity index (χ0v) is 19.6. The minimum Gasteiger partial charge on any atom is -0.496 e. The molecule has 2 heterocycles. The summed E-state index contributed by atoms with van der Waals surface area (Å²) in [6.07, 6.45) is 1.82. The number of pyridine rings is 1. The number of hydrogen-bond donors (Lipinski definition) is 0. The number of nitriles is 1. The maximum atomic E-state index is 13.2. The van der Waals surface area contributed by atoms with Crippen LogP contribution in [0.2, 0.25) is 0 Å². The van der Waals surface area contributed by atoms with Gasteiger partial charge in [-0.1, -0.05) is 0 Å². The van der Waals surface area contributed by atoms with E-state index in [0.717, 1.165) is 11.1 Å². The molecule has 0 radical (unpaired) electrons. The van der Waals surface area contributed by atoms with Crippen LogP contribution in [0, 0.1) is 23.7 Å². The number of hydrogen-bond acceptors (Lipinski definition) is 7. The number of rotatable bonds is 5. The Morgan fingerprint density at radius 2 is 1.88 bits per heavy atom. The van der Waals surface area contributed by atoms with Crippen molar-refractivity contribution in [3.8, 4) is 23.1 Å². The van der Waals surface area contributed by atoms with Gasteiger partial charge in [-0.15, -0.1) is 0 Å². The molecule has 172 valence electrons. The normalized spacial score (nSPS) is 18.7. The molecular weight excluding hydrogens is 442 g/mol. The molecule has 8 nitrogen and oxygen atoms in total. The smallest absolute Gasteiger partial charge is 0.213 e. The number of carbonyl (C=O) groups is 2. The number of sulfonamides is 1. The van der Waals surface area contributed by atoms with Gasteiger partial charge >= 0.3 is 0 Å². The molecule has 4 rings (SSSR count). The standard InChI is InChI=1S/C24H25N3O5S/c1-4-33(30,31)27-13-24(14-27)9-19(28)23(20(29)10-24)22-15(2)7-17(8-21(22)32-3)18-6-5-16(11-25)12-26-18/h5-8,12,23H,4,9-10,13-14H2,1-3H3. The van der Waals surface area contributed by atoms with Gasteiger partial charge in [0.25, 0.3) is 0 Å². The maximum Gasteiger partial charge on any atom is 0.213 e. The van der Waals surface area contributed by atoms with Gasteiger partial charge in [-0.25, -0.2) is 12.7 Å². The number of methoxy groups -OCH3 is 1. The molecule has 0 bridgehead atoms. The Kier molecular flexibility index (Phi) is 5.85. The van der Waals surface area contributed by atoms with Gasteiger partial charge in [0.15, 0.2) is 0 Å². The van der Waals surface area contributed by atoms with Gasteiger partial charge in [0.05, 0.1) is 24.1 Å². The molecule has 1 aromatic carbocycles. The van der Waals surface area contributed by atoms with Gasteiger partial charge in [-0.3, -0.25) is 14.6 Å². The van der Waals surface area contributed by atoms with E-state index in [1.165, 1.54) is 17.6 Å². The van der Waals surface area contributed by atoms with Crippen molar-refractivity contribution in [1.82, 2.24) is 9.29 Å². The van der Waals surface area contributed by atoms with Crippen LogP contribution in [0.15, 0.2) is 30.5 Å². The van der Waals surface area contributed by atoms with Crippen LogP contribution in [0.3, 0.4) is 0 Å². The highest BCUT2D eigenvalue weighted by Gasteiger charge is 2.55. The van der Waals surface area contributed by atoms with Gasteiger partial charge in [-0.2, -0.15) is 5.26 Å². The highest BCUT2D eigenvalue weighted by molar-refractivity contribution is 7.89. The van der Waals surface area contributed by atoms with Crippen molar-refractivity contribution < 1.29 is 22.7 Å². The van der Waals surface area contributed by atoms with Crippen molar-refractivity contribution in [2.24, 2.45) is 5.41 Å². The Morgan fingerprint density at radius 1 is 1.21 bits per heavy atom. The molecule has 0 N–H and O–H groups in total. The fourth-order valence-corrected chi connectivity index (χ4v) is 6.20. The topological polar surface area (TPSA) is 117 Å². The Balaban J connectivity index is 1.62. The lowest BCUT2D eigenvalue weighted by atomic mass is 9.64. The highest BCUT2D eigenvalue weighted by Crippen LogP contribution is 2.48. The monoisotopic (exact) mass is 467 g/mol. The zero-order chi connectivity index (χ0) is 24.0. The Labute approximate surface area is 193 Å². The van der Waals surface area contributed by atoms with Gasteiger partial charge in [0.1, 0.15) is 29.3 Å². The van der Waals surface area contributed by atoms with Crippen LogP contribution >= 0.6 is 0 Å². The molecule has 1 aliphatic heterocycles. The molecule has 2 fully saturated rings. The maximum absolute atomic E-state index is 13.2. The van der Waals surface area contributed by atoms with E-state index in [2.05, 4.69) is 4.98 Å². The quantitative estimate of drug-likeness (QED) is 0.620. The van der Waals surface area contributed by atoms with E-state index in [-0.39, 0.29) is 43.3 Å². The summed E-state index contributed by atoms with van der Waals surface area (Å²) in [5.41, 5.74) is 2.55. The van der Waals surface area contributed by atoms with Crippen molar-refractivity contribution in [3.63, 3.8) is 0 Å². The summed E-state index contributed by atoms with van der Waals surface area (Å²) < 4.78 is 31.1. The van der Waals surface area contributed by atoms with Crippen LogP contribution < -0.4 is 4.74 Å². The second-order valence-corrected chi connectivity index (χ2v) is 11.1. The van der Waals surface area contributed by atoms with E-state index in [0.29, 0.717) is 22.6 Å². The van der Waals surface area contributed by atoms with Gasteiger partial charge < -0.3 is 4.74 Å². The molecule has 33 heavy (non-hydrogen) atoms. The minimum absolute atomic E-state index is 0.00440. The molecular formula is C24H25N3O5S. The molecule has 0 unspecified atom stereocenters. The van der Waals surface area contributed by atoms with E-state index >= 15 is 0 Å². The van der Waals surface area contributed by atoms with Crippen LogP contribution in [0.25, 0.3) is 11.3 Å². The number of carbonyl (C=O) groups excluding carboxylic acids is 2. The number of aryl methyl sites for hydroxylation is 1. The number of ketones is 2. The fourth-order valence-electron chi connectivity index (χ4n) is 4.90. The number of nitrogens with zero attached hydrogens (tertiary/aromatic N) is 3. The van der Waals surface area contributed by atoms with Crippen LogP contribution in [-0.2, 0) is 19.6 Å². The second-order valence-electron chi connectivity index (χ2n) is 8.84. The predicted octanol–water partition coefficient (Wildman–Crippen LogP) is 2.60. The summed E-state index contributed by atoms with van der Waals surface area (Å²) >= 11 is 0. The van der Waals surface area contributed by atoms with Crippen molar-refractivity contribution in [1.29, 1.82) is 5.26 Å². The predicted molar refractivity (Wildman–Crippen MR) is 121 cm³/mol. The molecule has 9 heteroatoms. The number of ether oxygens (including phenoxy) is 1. The summed E-state index contributed by atoms with van der Waals surface area (Å²) in [6.45, 7) is 3.84. The number of benzene rings is 1. The van der Waals surface area contributed by atoms with E-state index < -0.39 is 21.4 Å². The number of aromatic nitrogens is 1. The van der Waals surface area contributed by atoms with E-state index in [1.54, 1.807) is 25.1 Å². The first kappa shape index (κ1) is 23.1. The Morgan fingerprint density at radius 3 is 2.39 bits per heavy atom. The lowest BCUT2D eigenvalue weighted by Gasteiger charge is -2.51. The zero-order valence-electron chi connectivity index (χ0n) is 18.8. The largest absolute Gasteiger partial charge is 0.496 e. The van der Waals surface area contributed by atoms with Crippen molar-refractivity contribution in [3.05, 3.63) is 47.2 Å². The molecule has 1 aromatic heterocycles. The Bertz CT molecular complexity index is 1250. The summed E-state index contributed by atoms with van der Waals surface area (Å²) in [5, 5.41) is 8.98. The van der Waals surface area contributed by atoms with Gasteiger partial charge in [0.2, 0.25) is 10.0 Å². The van der Waals surface area contributed by atoms with E-state index in [4.69, 9.17) is 10.00 Å². The van der Waals surface area contributed by atoms with Crippen molar-refractivity contribution in [2.75, 3.05) is 26.0 Å². The van der Waals surface area contributed by atoms with Crippen LogP contribution in [0.1, 0.15) is 42.4 Å². The highest BCUT2D eigenvalue weighted by atomic mass is 32.2. The SMILES string of the molecule is CCS(=O)(=O)N1CC2(CC(=O)C(c3c(C)cc(-c4ccc(C#N)cn4)cc3OC)C(=O)C2)C1. The van der Waals surface area contributed by atoms with Crippen LogP contribution in [0.5, 0.6) is 5.75 Å². The van der Waals surface area contributed by atoms with Gasteiger partial charge in [0, 0.05) is 48.7 Å². The lowest BCUT2D eigenvalue weighted by molar-refractivity contribution is -0.140. The van der Waals surface area contributed by atoms with Crippen LogP contribution in [0.4, 0.5) is 0 Å².